The molecule has 2 heterocycles. The van der Waals surface area contributed by atoms with Crippen LogP contribution in [0.15, 0.2) is 59.4 Å². The summed E-state index contributed by atoms with van der Waals surface area (Å²) >= 11 is 1.54. The van der Waals surface area contributed by atoms with Crippen LogP contribution < -0.4 is 15.0 Å². The molecule has 1 aliphatic rings. The van der Waals surface area contributed by atoms with Crippen molar-refractivity contribution in [2.75, 3.05) is 23.3 Å². The lowest BCUT2D eigenvalue weighted by molar-refractivity contribution is 0.102. The van der Waals surface area contributed by atoms with Crippen molar-refractivity contribution in [2.24, 2.45) is 0 Å². The van der Waals surface area contributed by atoms with Gasteiger partial charge in [0.1, 0.15) is 12.4 Å². The van der Waals surface area contributed by atoms with Crippen LogP contribution in [0.5, 0.6) is 5.75 Å². The van der Waals surface area contributed by atoms with Gasteiger partial charge in [0.2, 0.25) is 0 Å². The second-order valence-corrected chi connectivity index (χ2v) is 7.56. The lowest BCUT2D eigenvalue weighted by atomic mass is 10.1. The number of thiazole rings is 1. The molecule has 0 aliphatic carbocycles. The summed E-state index contributed by atoms with van der Waals surface area (Å²) in [5.41, 5.74) is 5.31. The van der Waals surface area contributed by atoms with Crippen LogP contribution in [-0.4, -0.2) is 24.0 Å². The maximum absolute atomic E-state index is 12.5. The molecule has 4 rings (SSSR count). The Balaban J connectivity index is 1.32. The van der Waals surface area contributed by atoms with Gasteiger partial charge in [0.15, 0.2) is 0 Å². The highest BCUT2D eigenvalue weighted by Crippen LogP contribution is 2.22. The topological polar surface area (TPSA) is 54.5 Å². The van der Waals surface area contributed by atoms with E-state index < -0.39 is 0 Å². The Morgan fingerprint density at radius 3 is 2.46 bits per heavy atom. The molecule has 6 heteroatoms. The van der Waals surface area contributed by atoms with Crippen LogP contribution in [0.4, 0.5) is 11.4 Å². The van der Waals surface area contributed by atoms with Crippen LogP contribution in [0, 0.1) is 0 Å². The van der Waals surface area contributed by atoms with Crippen LogP contribution in [-0.2, 0) is 6.61 Å². The number of hydrogen-bond acceptors (Lipinski definition) is 5. The number of nitrogens with zero attached hydrogens (tertiary/aromatic N) is 2. The number of rotatable bonds is 6. The largest absolute Gasteiger partial charge is 0.487 e. The number of hydrogen-bond donors (Lipinski definition) is 1. The summed E-state index contributed by atoms with van der Waals surface area (Å²) in [6, 6.07) is 15.2. The van der Waals surface area contributed by atoms with Gasteiger partial charge >= 0.3 is 0 Å². The van der Waals surface area contributed by atoms with Crippen LogP contribution >= 0.6 is 11.3 Å². The molecule has 0 bridgehead atoms. The van der Waals surface area contributed by atoms with Crippen LogP contribution in [0.25, 0.3) is 0 Å². The second-order valence-electron chi connectivity index (χ2n) is 6.84. The van der Waals surface area contributed by atoms with E-state index in [2.05, 4.69) is 27.3 Å². The monoisotopic (exact) mass is 393 g/mol. The van der Waals surface area contributed by atoms with E-state index in [9.17, 15) is 4.79 Å². The fraction of sp³-hybridized carbons (Fsp3) is 0.273. The fourth-order valence-corrected chi connectivity index (χ4v) is 3.82. The number of amides is 1. The van der Waals surface area contributed by atoms with Crippen molar-refractivity contribution >= 4 is 28.6 Å². The molecular formula is C22H23N3O2S. The smallest absolute Gasteiger partial charge is 0.255 e. The molecule has 1 N–H and O–H groups in total. The Bertz CT molecular complexity index is 887. The number of piperidine rings is 1. The number of carbonyl (C=O) groups excluding carboxylic acids is 1. The van der Waals surface area contributed by atoms with E-state index in [1.807, 2.05) is 17.5 Å². The molecule has 0 spiro atoms. The summed E-state index contributed by atoms with van der Waals surface area (Å²) in [6.07, 6.45) is 3.82. The molecule has 1 aliphatic heterocycles. The first-order chi connectivity index (χ1) is 13.8. The van der Waals surface area contributed by atoms with Crippen LogP contribution in [0.3, 0.4) is 0 Å². The molecule has 1 aromatic heterocycles. The molecule has 3 aromatic rings. The normalized spacial score (nSPS) is 13.9. The summed E-state index contributed by atoms with van der Waals surface area (Å²) in [4.78, 5) is 19.1. The molecule has 1 amide bonds. The van der Waals surface area contributed by atoms with Gasteiger partial charge in [-0.05, 0) is 67.8 Å². The van der Waals surface area contributed by atoms with Gasteiger partial charge in [0.25, 0.3) is 5.91 Å². The molecule has 0 atom stereocenters. The molecule has 1 fully saturated rings. The van der Waals surface area contributed by atoms with E-state index in [1.165, 1.54) is 24.9 Å². The zero-order valence-electron chi connectivity index (χ0n) is 15.6. The van der Waals surface area contributed by atoms with Gasteiger partial charge in [-0.3, -0.25) is 4.79 Å². The Hall–Kier alpha value is -2.86. The van der Waals surface area contributed by atoms with E-state index in [1.54, 1.807) is 41.1 Å². The highest BCUT2D eigenvalue weighted by atomic mass is 32.1. The first kappa shape index (κ1) is 18.5. The number of aromatic nitrogens is 1. The van der Waals surface area contributed by atoms with Crippen molar-refractivity contribution in [1.29, 1.82) is 0 Å². The zero-order chi connectivity index (χ0) is 19.2. The van der Waals surface area contributed by atoms with Gasteiger partial charge in [-0.2, -0.15) is 0 Å². The van der Waals surface area contributed by atoms with Gasteiger partial charge < -0.3 is 15.0 Å². The minimum Gasteiger partial charge on any atom is -0.487 e. The number of nitrogens with one attached hydrogen (secondary N) is 1. The highest BCUT2D eigenvalue weighted by molar-refractivity contribution is 7.07. The molecule has 2 aromatic carbocycles. The van der Waals surface area contributed by atoms with Crippen molar-refractivity contribution in [3.8, 4) is 5.75 Å². The van der Waals surface area contributed by atoms with Crippen molar-refractivity contribution in [2.45, 2.75) is 25.9 Å². The fourth-order valence-electron chi connectivity index (χ4n) is 3.28. The molecular weight excluding hydrogens is 370 g/mol. The van der Waals surface area contributed by atoms with Gasteiger partial charge in [0.05, 0.1) is 11.2 Å². The molecule has 28 heavy (non-hydrogen) atoms. The van der Waals surface area contributed by atoms with Crippen molar-refractivity contribution in [3.63, 3.8) is 0 Å². The summed E-state index contributed by atoms with van der Waals surface area (Å²) in [6.45, 7) is 2.66. The van der Waals surface area contributed by atoms with Crippen molar-refractivity contribution in [1.82, 2.24) is 4.98 Å². The van der Waals surface area contributed by atoms with Crippen LogP contribution in [0.1, 0.15) is 35.3 Å². The minimum absolute atomic E-state index is 0.128. The Morgan fingerprint density at radius 1 is 1.04 bits per heavy atom. The lowest BCUT2D eigenvalue weighted by Gasteiger charge is -2.28. The summed E-state index contributed by atoms with van der Waals surface area (Å²) in [5.74, 6) is 0.590. The summed E-state index contributed by atoms with van der Waals surface area (Å²) in [5, 5.41) is 4.91. The molecule has 0 unspecified atom stereocenters. The predicted octanol–water partition coefficient (Wildman–Crippen LogP) is 4.96. The number of ether oxygens (including phenoxy) is 1. The van der Waals surface area contributed by atoms with E-state index in [-0.39, 0.29) is 5.91 Å². The lowest BCUT2D eigenvalue weighted by Crippen LogP contribution is -2.29. The summed E-state index contributed by atoms with van der Waals surface area (Å²) in [7, 11) is 0. The maximum Gasteiger partial charge on any atom is 0.255 e. The van der Waals surface area contributed by atoms with E-state index in [4.69, 9.17) is 4.74 Å². The van der Waals surface area contributed by atoms with Crippen molar-refractivity contribution < 1.29 is 9.53 Å². The standard InChI is InChI=1S/C22H23N3O2S/c26-22(17-4-10-21(11-5-17)27-14-19-15-28-16-23-19)24-18-6-8-20(9-7-18)25-12-2-1-3-13-25/h4-11,15-16H,1-3,12-14H2,(H,24,26). The molecule has 144 valence electrons. The quantitative estimate of drug-likeness (QED) is 0.643. The van der Waals surface area contributed by atoms with Crippen molar-refractivity contribution in [3.05, 3.63) is 70.7 Å². The average molecular weight is 394 g/mol. The molecule has 5 nitrogen and oxygen atoms in total. The van der Waals surface area contributed by atoms with E-state index in [0.29, 0.717) is 12.2 Å². The van der Waals surface area contributed by atoms with Gasteiger partial charge in [-0.15, -0.1) is 11.3 Å². The second kappa shape index (κ2) is 8.89. The Kier molecular flexibility index (Phi) is 5.87. The maximum atomic E-state index is 12.5. The van der Waals surface area contributed by atoms with Gasteiger partial charge in [0, 0.05) is 35.4 Å². The highest BCUT2D eigenvalue weighted by Gasteiger charge is 2.11. The van der Waals surface area contributed by atoms with E-state index in [0.717, 1.165) is 30.2 Å². The Morgan fingerprint density at radius 2 is 1.79 bits per heavy atom. The average Bonchev–Trinajstić information content (AvgIpc) is 3.27. The third kappa shape index (κ3) is 4.70. The summed E-state index contributed by atoms with van der Waals surface area (Å²) < 4.78 is 5.68. The predicted molar refractivity (Wildman–Crippen MR) is 113 cm³/mol. The third-order valence-corrected chi connectivity index (χ3v) is 5.47. The molecule has 1 saturated heterocycles. The Labute approximate surface area is 169 Å². The number of carbonyl (C=O) groups is 1. The van der Waals surface area contributed by atoms with Gasteiger partial charge in [-0.25, -0.2) is 4.98 Å². The number of benzene rings is 2. The molecule has 0 saturated carbocycles. The molecule has 0 radical (unpaired) electrons. The first-order valence-electron chi connectivity index (χ1n) is 9.54. The van der Waals surface area contributed by atoms with Gasteiger partial charge in [-0.1, -0.05) is 0 Å². The van der Waals surface area contributed by atoms with E-state index >= 15 is 0 Å². The number of anilines is 2. The SMILES string of the molecule is O=C(Nc1ccc(N2CCCCC2)cc1)c1ccc(OCc2cscn2)cc1. The zero-order valence-corrected chi connectivity index (χ0v) is 16.5. The first-order valence-corrected chi connectivity index (χ1v) is 10.5. The third-order valence-electron chi connectivity index (χ3n) is 4.83. The minimum atomic E-state index is -0.128. The van der Waals surface area contributed by atoms with Crippen LogP contribution in [0.2, 0.25) is 0 Å².